The summed E-state index contributed by atoms with van der Waals surface area (Å²) in [5.41, 5.74) is 1.76. The van der Waals surface area contributed by atoms with Crippen LogP contribution in [-0.4, -0.2) is 56.8 Å². The molecule has 5 rings (SSSR count). The molecule has 0 saturated carbocycles. The number of hydrogen-bond donors (Lipinski definition) is 1. The molecular formula is C39H47N3O11. The van der Waals surface area contributed by atoms with Crippen LogP contribution in [0.1, 0.15) is 116 Å². The molecule has 14 heteroatoms. The SMILES string of the molecule is CCCCC(NC(=O)CCC(=O)O[C@@H]1C(=O)OCc2c1cc1n(c2=O)Cc2c-1nc1ccc(OC(=O)OC(C)(C)C)cc1c2CC)C(=O)OC(C)(C)C. The zero-order valence-corrected chi connectivity index (χ0v) is 31.5. The number of aryl methyl sites for hydroxylation is 1. The van der Waals surface area contributed by atoms with Crippen molar-refractivity contribution < 1.29 is 47.7 Å². The Bertz CT molecular complexity index is 2020. The molecule has 1 aromatic carbocycles. The molecule has 4 heterocycles. The smallest absolute Gasteiger partial charge is 0.458 e. The van der Waals surface area contributed by atoms with Crippen molar-refractivity contribution in [3.63, 3.8) is 0 Å². The maximum Gasteiger partial charge on any atom is 0.514 e. The number of carbonyl (C=O) groups is 5. The Morgan fingerprint density at radius 1 is 0.981 bits per heavy atom. The van der Waals surface area contributed by atoms with Gasteiger partial charge in [-0.1, -0.05) is 26.7 Å². The van der Waals surface area contributed by atoms with Gasteiger partial charge in [-0.25, -0.2) is 19.4 Å². The number of pyridine rings is 2. The van der Waals surface area contributed by atoms with E-state index < -0.39 is 58.9 Å². The predicted molar refractivity (Wildman–Crippen MR) is 192 cm³/mol. The normalized spacial score (nSPS) is 15.4. The maximum atomic E-state index is 13.9. The molecule has 1 amide bonds. The van der Waals surface area contributed by atoms with E-state index in [1.54, 1.807) is 70.4 Å². The molecular weight excluding hydrogens is 686 g/mol. The van der Waals surface area contributed by atoms with Gasteiger partial charge < -0.3 is 33.6 Å². The Kier molecular flexibility index (Phi) is 11.3. The molecule has 3 aromatic rings. The van der Waals surface area contributed by atoms with Crippen LogP contribution in [0.25, 0.3) is 22.3 Å². The standard InChI is InChI=1S/C39H47N3O11/c1-9-11-12-28(35(46)52-38(3,4)5)40-30(43)15-16-31(44)51-33-24-18-29-32-25(19-42(29)34(45)26(24)20-49-36(33)47)22(10-2)23-17-21(13-14-27(23)41-32)50-37(48)53-39(6,7)8/h13-14,17-18,28,33H,9-12,15-16,19-20H2,1-8H3,(H,40,43)/t28?,33-/m0/s1. The lowest BCUT2D eigenvalue weighted by Gasteiger charge is -2.25. The van der Waals surface area contributed by atoms with Gasteiger partial charge in [0, 0.05) is 22.9 Å². The first-order chi connectivity index (χ1) is 24.9. The average molecular weight is 734 g/mol. The topological polar surface area (TPSA) is 178 Å². The van der Waals surface area contributed by atoms with Crippen molar-refractivity contribution in [1.29, 1.82) is 0 Å². The fourth-order valence-electron chi connectivity index (χ4n) is 6.32. The summed E-state index contributed by atoms with van der Waals surface area (Å²) < 4.78 is 28.5. The van der Waals surface area contributed by atoms with Crippen LogP contribution in [0.5, 0.6) is 5.75 Å². The van der Waals surface area contributed by atoms with Gasteiger partial charge in [-0.15, -0.1) is 0 Å². The van der Waals surface area contributed by atoms with Crippen LogP contribution in [-0.2, 0) is 57.7 Å². The number of benzene rings is 1. The van der Waals surface area contributed by atoms with Crippen LogP contribution in [0.4, 0.5) is 4.79 Å². The van der Waals surface area contributed by atoms with Crippen LogP contribution in [0.2, 0.25) is 0 Å². The quantitative estimate of drug-likeness (QED) is 0.112. The number of hydrogen-bond acceptors (Lipinski definition) is 12. The van der Waals surface area contributed by atoms with Crippen molar-refractivity contribution in [3.05, 3.63) is 56.9 Å². The van der Waals surface area contributed by atoms with Gasteiger partial charge in [0.1, 0.15) is 29.6 Å². The van der Waals surface area contributed by atoms with E-state index in [9.17, 15) is 28.8 Å². The van der Waals surface area contributed by atoms with Crippen molar-refractivity contribution in [2.24, 2.45) is 0 Å². The van der Waals surface area contributed by atoms with Crippen molar-refractivity contribution in [1.82, 2.24) is 14.9 Å². The number of nitrogens with zero attached hydrogens (tertiary/aromatic N) is 2. The highest BCUT2D eigenvalue weighted by atomic mass is 16.7. The monoisotopic (exact) mass is 733 g/mol. The number of aromatic nitrogens is 2. The van der Waals surface area contributed by atoms with Gasteiger partial charge in [0.05, 0.1) is 35.4 Å². The summed E-state index contributed by atoms with van der Waals surface area (Å²) in [4.78, 5) is 82.6. The lowest BCUT2D eigenvalue weighted by molar-refractivity contribution is -0.172. The highest BCUT2D eigenvalue weighted by molar-refractivity contribution is 5.90. The zero-order chi connectivity index (χ0) is 38.8. The fraction of sp³-hybridized carbons (Fsp3) is 0.513. The molecule has 0 radical (unpaired) electrons. The van der Waals surface area contributed by atoms with Gasteiger partial charge in [0.15, 0.2) is 0 Å². The second-order valence-corrected chi connectivity index (χ2v) is 15.1. The molecule has 1 N–H and O–H groups in total. The lowest BCUT2D eigenvalue weighted by atomic mass is 9.97. The van der Waals surface area contributed by atoms with Gasteiger partial charge in [-0.3, -0.25) is 14.4 Å². The third-order valence-electron chi connectivity index (χ3n) is 8.65. The van der Waals surface area contributed by atoms with E-state index in [-0.39, 0.29) is 42.9 Å². The summed E-state index contributed by atoms with van der Waals surface area (Å²) in [6.07, 6.45) is -0.623. The van der Waals surface area contributed by atoms with Gasteiger partial charge in [-0.05, 0) is 84.2 Å². The summed E-state index contributed by atoms with van der Waals surface area (Å²) >= 11 is 0. The molecule has 0 aliphatic carbocycles. The number of rotatable bonds is 11. The summed E-state index contributed by atoms with van der Waals surface area (Å²) in [5.74, 6) is -2.54. The van der Waals surface area contributed by atoms with E-state index in [1.165, 1.54) is 0 Å². The molecule has 0 fully saturated rings. The van der Waals surface area contributed by atoms with Gasteiger partial charge in [-0.2, -0.15) is 0 Å². The summed E-state index contributed by atoms with van der Waals surface area (Å²) in [7, 11) is 0. The molecule has 2 aliphatic rings. The largest absolute Gasteiger partial charge is 0.514 e. The van der Waals surface area contributed by atoms with Crippen LogP contribution in [0.15, 0.2) is 29.1 Å². The summed E-state index contributed by atoms with van der Waals surface area (Å²) in [6.45, 7) is 14.3. The highest BCUT2D eigenvalue weighted by Gasteiger charge is 2.38. The number of esters is 3. The van der Waals surface area contributed by atoms with E-state index in [1.807, 2.05) is 13.8 Å². The van der Waals surface area contributed by atoms with E-state index >= 15 is 0 Å². The molecule has 2 aromatic heterocycles. The minimum Gasteiger partial charge on any atom is -0.458 e. The van der Waals surface area contributed by atoms with Crippen molar-refractivity contribution >= 4 is 40.9 Å². The second kappa shape index (κ2) is 15.4. The number of amides is 1. The number of nitrogens with one attached hydrogen (secondary N) is 1. The summed E-state index contributed by atoms with van der Waals surface area (Å²) in [6, 6.07) is 5.79. The van der Waals surface area contributed by atoms with Gasteiger partial charge in [0.2, 0.25) is 12.0 Å². The number of unbranched alkanes of at least 4 members (excludes halogenated alkanes) is 1. The maximum absolute atomic E-state index is 13.9. The third kappa shape index (κ3) is 9.03. The summed E-state index contributed by atoms with van der Waals surface area (Å²) in [5, 5.41) is 3.40. The Morgan fingerprint density at radius 2 is 1.70 bits per heavy atom. The molecule has 1 unspecified atom stereocenters. The number of cyclic esters (lactones) is 1. The first kappa shape index (κ1) is 38.9. The fourth-order valence-corrected chi connectivity index (χ4v) is 6.32. The van der Waals surface area contributed by atoms with E-state index in [0.29, 0.717) is 36.2 Å². The molecule has 2 aliphatic heterocycles. The minimum absolute atomic E-state index is 0.170. The second-order valence-electron chi connectivity index (χ2n) is 15.1. The van der Waals surface area contributed by atoms with E-state index in [0.717, 1.165) is 22.9 Å². The Hall–Kier alpha value is -5.27. The number of ether oxygens (including phenoxy) is 5. The molecule has 14 nitrogen and oxygen atoms in total. The van der Waals surface area contributed by atoms with Crippen molar-refractivity contribution in [2.45, 2.75) is 130 Å². The lowest BCUT2D eigenvalue weighted by Crippen LogP contribution is -2.44. The Morgan fingerprint density at radius 3 is 2.36 bits per heavy atom. The molecule has 0 spiro atoms. The molecule has 53 heavy (non-hydrogen) atoms. The van der Waals surface area contributed by atoms with Crippen LogP contribution in [0.3, 0.4) is 0 Å². The molecule has 0 saturated heterocycles. The first-order valence-corrected chi connectivity index (χ1v) is 17.9. The zero-order valence-electron chi connectivity index (χ0n) is 31.5. The van der Waals surface area contributed by atoms with E-state index in [2.05, 4.69) is 5.32 Å². The van der Waals surface area contributed by atoms with Crippen molar-refractivity contribution in [3.8, 4) is 17.1 Å². The Balaban J connectivity index is 1.36. The van der Waals surface area contributed by atoms with Crippen LogP contribution in [0, 0.1) is 0 Å². The molecule has 284 valence electrons. The minimum atomic E-state index is -1.53. The van der Waals surface area contributed by atoms with Crippen LogP contribution >= 0.6 is 0 Å². The highest BCUT2D eigenvalue weighted by Crippen LogP contribution is 2.39. The van der Waals surface area contributed by atoms with Gasteiger partial charge in [0.25, 0.3) is 5.56 Å². The van der Waals surface area contributed by atoms with Crippen LogP contribution < -0.4 is 15.6 Å². The van der Waals surface area contributed by atoms with Gasteiger partial charge >= 0.3 is 24.1 Å². The third-order valence-corrected chi connectivity index (χ3v) is 8.65. The number of carbonyl (C=O) groups excluding carboxylic acids is 5. The van der Waals surface area contributed by atoms with Crippen molar-refractivity contribution in [2.75, 3.05) is 0 Å². The predicted octanol–water partition coefficient (Wildman–Crippen LogP) is 5.74. The van der Waals surface area contributed by atoms with E-state index in [4.69, 9.17) is 28.7 Å². The Labute approximate surface area is 307 Å². The average Bonchev–Trinajstić information content (AvgIpc) is 3.42. The molecule has 2 atom stereocenters. The molecule has 0 bridgehead atoms. The first-order valence-electron chi connectivity index (χ1n) is 17.9. The number of fused-ring (bicyclic) bond motifs is 5.